The Morgan fingerprint density at radius 2 is 1.78 bits per heavy atom. The molecule has 1 saturated carbocycles. The number of carboxylic acid groups (broad SMARTS) is 1. The van der Waals surface area contributed by atoms with Crippen molar-refractivity contribution in [1.82, 2.24) is 19.9 Å². The van der Waals surface area contributed by atoms with Crippen LogP contribution in [0.25, 0.3) is 11.1 Å². The molecule has 1 amide bonds. The van der Waals surface area contributed by atoms with Gasteiger partial charge in [-0.05, 0) is 30.9 Å². The number of aliphatic carboxylic acids is 1. The third-order valence-electron chi connectivity index (χ3n) is 5.53. The summed E-state index contributed by atoms with van der Waals surface area (Å²) in [7, 11) is 5.45. The van der Waals surface area contributed by atoms with Gasteiger partial charge in [-0.15, -0.1) is 0 Å². The number of carbonyl (C=O) groups is 2. The van der Waals surface area contributed by atoms with Gasteiger partial charge in [-0.3, -0.25) is 4.79 Å². The second kappa shape index (κ2) is 11.8. The van der Waals surface area contributed by atoms with Crippen molar-refractivity contribution in [2.75, 3.05) is 26.1 Å². The van der Waals surface area contributed by atoms with Gasteiger partial charge in [0.15, 0.2) is 0 Å². The fraction of sp³-hybridized carbons (Fsp3) is 0.360. The normalized spacial score (nSPS) is 12.8. The minimum Gasteiger partial charge on any atom is -0.496 e. The van der Waals surface area contributed by atoms with Gasteiger partial charge in [0.25, 0.3) is 5.91 Å². The fourth-order valence-electron chi connectivity index (χ4n) is 3.40. The van der Waals surface area contributed by atoms with E-state index in [9.17, 15) is 18.0 Å². The molecule has 1 aromatic carbocycles. The molecule has 37 heavy (non-hydrogen) atoms. The smallest absolute Gasteiger partial charge is 0.490 e. The third kappa shape index (κ3) is 7.69. The quantitative estimate of drug-likeness (QED) is 0.463. The Morgan fingerprint density at radius 3 is 2.32 bits per heavy atom. The molecule has 1 aliphatic carbocycles. The summed E-state index contributed by atoms with van der Waals surface area (Å²) in [5.41, 5.74) is 3.45. The number of carboxylic acids is 1. The number of aromatic nitrogens is 3. The summed E-state index contributed by atoms with van der Waals surface area (Å²) >= 11 is 0. The monoisotopic (exact) mass is 519 g/mol. The molecular formula is C25H28F3N5O4. The van der Waals surface area contributed by atoms with Crippen LogP contribution in [0.3, 0.4) is 0 Å². The Balaban J connectivity index is 0.000000479. The summed E-state index contributed by atoms with van der Waals surface area (Å²) in [6.45, 7) is 1.27. The molecule has 3 aromatic rings. The lowest BCUT2D eigenvalue weighted by molar-refractivity contribution is -0.192. The number of ether oxygens (including phenoxy) is 1. The van der Waals surface area contributed by atoms with Crippen LogP contribution in [-0.4, -0.2) is 58.9 Å². The molecule has 12 heteroatoms. The second-order valence-electron chi connectivity index (χ2n) is 8.67. The molecule has 9 nitrogen and oxygen atoms in total. The maximum absolute atomic E-state index is 13.0. The van der Waals surface area contributed by atoms with E-state index in [0.717, 1.165) is 29.0 Å². The van der Waals surface area contributed by atoms with E-state index in [2.05, 4.69) is 19.9 Å². The van der Waals surface area contributed by atoms with Crippen LogP contribution < -0.4 is 15.0 Å². The lowest BCUT2D eigenvalue weighted by Crippen LogP contribution is -2.25. The summed E-state index contributed by atoms with van der Waals surface area (Å²) in [4.78, 5) is 32.6. The molecule has 1 fully saturated rings. The topological polar surface area (TPSA) is 110 Å². The molecule has 0 spiro atoms. The predicted octanol–water partition coefficient (Wildman–Crippen LogP) is 3.99. The first kappa shape index (κ1) is 27.5. The maximum Gasteiger partial charge on any atom is 0.490 e. The number of hydrogen-bond acceptors (Lipinski definition) is 6. The molecular weight excluding hydrogens is 491 g/mol. The average molecular weight is 520 g/mol. The highest BCUT2D eigenvalue weighted by molar-refractivity contribution is 5.94. The number of anilines is 1. The first-order chi connectivity index (χ1) is 17.5. The van der Waals surface area contributed by atoms with Crippen molar-refractivity contribution < 1.29 is 32.6 Å². The molecule has 2 heterocycles. The Kier molecular flexibility index (Phi) is 8.74. The number of amides is 1. The summed E-state index contributed by atoms with van der Waals surface area (Å²) in [6.07, 6.45) is 2.99. The predicted molar refractivity (Wildman–Crippen MR) is 130 cm³/mol. The summed E-state index contributed by atoms with van der Waals surface area (Å²) in [6, 6.07) is 9.63. The van der Waals surface area contributed by atoms with Crippen LogP contribution in [-0.2, 0) is 17.9 Å². The molecule has 0 aliphatic heterocycles. The van der Waals surface area contributed by atoms with Crippen LogP contribution in [0.1, 0.15) is 28.9 Å². The maximum atomic E-state index is 13.0. The molecule has 2 aromatic heterocycles. The van der Waals surface area contributed by atoms with Gasteiger partial charge in [-0.1, -0.05) is 18.2 Å². The Labute approximate surface area is 211 Å². The fourth-order valence-corrected chi connectivity index (χ4v) is 3.40. The van der Waals surface area contributed by atoms with Crippen molar-refractivity contribution in [3.63, 3.8) is 0 Å². The van der Waals surface area contributed by atoms with E-state index >= 15 is 0 Å². The first-order valence-electron chi connectivity index (χ1n) is 11.4. The molecule has 0 unspecified atom stereocenters. The van der Waals surface area contributed by atoms with E-state index in [1.165, 1.54) is 12.8 Å². The zero-order valence-corrected chi connectivity index (χ0v) is 20.6. The lowest BCUT2D eigenvalue weighted by Gasteiger charge is -2.11. The van der Waals surface area contributed by atoms with Gasteiger partial charge in [0.2, 0.25) is 5.95 Å². The molecule has 0 bridgehead atoms. The molecule has 0 saturated heterocycles. The number of alkyl halides is 3. The first-order valence-corrected chi connectivity index (χ1v) is 11.4. The highest BCUT2D eigenvalue weighted by Crippen LogP contribution is 2.32. The van der Waals surface area contributed by atoms with Crippen molar-refractivity contribution in [1.29, 1.82) is 0 Å². The summed E-state index contributed by atoms with van der Waals surface area (Å²) in [5.74, 6) is -0.777. The molecule has 1 aliphatic rings. The number of para-hydroxylation sites is 1. The molecule has 198 valence electrons. The number of nitrogens with one attached hydrogen (secondary N) is 1. The Hall–Kier alpha value is -4.09. The van der Waals surface area contributed by atoms with E-state index in [1.807, 2.05) is 55.5 Å². The van der Waals surface area contributed by atoms with Gasteiger partial charge in [0.1, 0.15) is 11.4 Å². The van der Waals surface area contributed by atoms with E-state index in [1.54, 1.807) is 19.5 Å². The largest absolute Gasteiger partial charge is 0.496 e. The summed E-state index contributed by atoms with van der Waals surface area (Å²) in [5, 5.41) is 10.2. The number of nitrogens with zero attached hydrogens (tertiary/aromatic N) is 4. The molecule has 0 radical (unpaired) electrons. The lowest BCUT2D eigenvalue weighted by atomic mass is 10.2. The van der Waals surface area contributed by atoms with Crippen LogP contribution in [0.4, 0.5) is 19.1 Å². The Bertz CT molecular complexity index is 1220. The van der Waals surface area contributed by atoms with Crippen molar-refractivity contribution in [3.05, 3.63) is 60.2 Å². The van der Waals surface area contributed by atoms with Crippen molar-refractivity contribution in [2.24, 2.45) is 5.92 Å². The van der Waals surface area contributed by atoms with Gasteiger partial charge in [0.05, 0.1) is 7.11 Å². The minimum atomic E-state index is -5.08. The van der Waals surface area contributed by atoms with E-state index in [-0.39, 0.29) is 5.91 Å². The summed E-state index contributed by atoms with van der Waals surface area (Å²) < 4.78 is 39.2. The van der Waals surface area contributed by atoms with Crippen LogP contribution in [0.15, 0.2) is 48.9 Å². The zero-order valence-electron chi connectivity index (χ0n) is 20.6. The van der Waals surface area contributed by atoms with Crippen LogP contribution in [0.2, 0.25) is 0 Å². The number of rotatable bonds is 8. The van der Waals surface area contributed by atoms with Gasteiger partial charge in [-0.25, -0.2) is 14.8 Å². The van der Waals surface area contributed by atoms with Crippen LogP contribution in [0, 0.1) is 5.92 Å². The SMILES string of the molecule is COc1ccccc1CNC(=O)c1cc(-c2cnc(N(C)C)nc2)cn1CC1CC1.O=C(O)C(F)(F)F. The third-order valence-corrected chi connectivity index (χ3v) is 5.53. The highest BCUT2D eigenvalue weighted by atomic mass is 19.4. The van der Waals surface area contributed by atoms with E-state index in [4.69, 9.17) is 14.6 Å². The van der Waals surface area contributed by atoms with Crippen molar-refractivity contribution in [3.8, 4) is 16.9 Å². The van der Waals surface area contributed by atoms with Gasteiger partial charge >= 0.3 is 12.1 Å². The number of hydrogen-bond donors (Lipinski definition) is 2. The van der Waals surface area contributed by atoms with Gasteiger partial charge in [0, 0.05) is 62.5 Å². The number of methoxy groups -OCH3 is 1. The van der Waals surface area contributed by atoms with E-state index in [0.29, 0.717) is 24.1 Å². The van der Waals surface area contributed by atoms with Crippen molar-refractivity contribution >= 4 is 17.8 Å². The number of benzene rings is 1. The van der Waals surface area contributed by atoms with Crippen LogP contribution >= 0.6 is 0 Å². The average Bonchev–Trinajstić information content (AvgIpc) is 3.58. The van der Waals surface area contributed by atoms with Gasteiger partial charge in [-0.2, -0.15) is 13.2 Å². The molecule has 4 rings (SSSR count). The van der Waals surface area contributed by atoms with Crippen molar-refractivity contribution in [2.45, 2.75) is 32.1 Å². The Morgan fingerprint density at radius 1 is 1.16 bits per heavy atom. The zero-order chi connectivity index (χ0) is 27.2. The molecule has 2 N–H and O–H groups in total. The standard InChI is InChI=1S/C23H27N5O2.C2HF3O2/c1-27(2)23-25-12-19(13-26-23)18-10-20(28(15-18)14-16-8-9-16)22(29)24-11-17-6-4-5-7-21(17)30-3;3-2(4,5)1(6)7/h4-7,10,12-13,15-16H,8-9,11,14H2,1-3H3,(H,24,29);(H,6,7). The molecule has 0 atom stereocenters. The van der Waals surface area contributed by atoms with Crippen LogP contribution in [0.5, 0.6) is 5.75 Å². The second-order valence-corrected chi connectivity index (χ2v) is 8.67. The minimum absolute atomic E-state index is 0.0985. The highest BCUT2D eigenvalue weighted by Gasteiger charge is 2.38. The van der Waals surface area contributed by atoms with E-state index < -0.39 is 12.1 Å². The number of halogens is 3. The van der Waals surface area contributed by atoms with Gasteiger partial charge < -0.3 is 24.6 Å². The number of carbonyl (C=O) groups excluding carboxylic acids is 1.